The number of hydrogen-bond donors (Lipinski definition) is 0. The third-order valence-corrected chi connectivity index (χ3v) is 7.94. The number of imidazole rings is 1. The first-order valence-corrected chi connectivity index (χ1v) is 12.0. The molecule has 31 heavy (non-hydrogen) atoms. The van der Waals surface area contributed by atoms with Crippen molar-refractivity contribution in [2.75, 3.05) is 0 Å². The molecule has 154 valence electrons. The molecule has 5 aromatic rings. The Morgan fingerprint density at radius 2 is 1.19 bits per heavy atom. The largest absolute Gasteiger partial charge is 0.244 e. The van der Waals surface area contributed by atoms with Gasteiger partial charge in [-0.15, -0.1) is 22.7 Å². The third-order valence-electron chi connectivity index (χ3n) is 5.74. The van der Waals surface area contributed by atoms with Gasteiger partial charge in [-0.1, -0.05) is 60.7 Å². The van der Waals surface area contributed by atoms with Gasteiger partial charge in [-0.3, -0.25) is 0 Å². The second kappa shape index (κ2) is 7.95. The van der Waals surface area contributed by atoms with E-state index in [9.17, 15) is 0 Å². The van der Waals surface area contributed by atoms with E-state index in [4.69, 9.17) is 0 Å². The minimum absolute atomic E-state index is 1.28. The summed E-state index contributed by atoms with van der Waals surface area (Å²) in [6.07, 6.45) is 2.18. The van der Waals surface area contributed by atoms with Crippen molar-refractivity contribution in [2.45, 2.75) is 13.8 Å². The van der Waals surface area contributed by atoms with Crippen LogP contribution in [0.3, 0.4) is 0 Å². The van der Waals surface area contributed by atoms with Crippen LogP contribution in [0, 0.1) is 13.8 Å². The molecule has 0 N–H and O–H groups in total. The highest BCUT2D eigenvalue weighted by atomic mass is 32.1. The standard InChI is InChI=1S/C27H25N2S2/c1-18-22(15-24(30-18)20-11-7-5-8-12-20)26-27(29(4)17-28(26)3)23-16-25(31-19(23)2)21-13-9-6-10-14-21/h5-17H,1-4H3/q+1. The van der Waals surface area contributed by atoms with Gasteiger partial charge >= 0.3 is 0 Å². The van der Waals surface area contributed by atoms with Crippen molar-refractivity contribution in [2.24, 2.45) is 14.1 Å². The zero-order valence-electron chi connectivity index (χ0n) is 18.2. The minimum Gasteiger partial charge on any atom is -0.232 e. The molecule has 0 radical (unpaired) electrons. The Bertz CT molecular complexity index is 1250. The zero-order valence-corrected chi connectivity index (χ0v) is 19.8. The lowest BCUT2D eigenvalue weighted by atomic mass is 10.0. The van der Waals surface area contributed by atoms with E-state index in [2.05, 4.69) is 116 Å². The molecule has 0 fully saturated rings. The predicted octanol–water partition coefficient (Wildman–Crippen LogP) is 7.26. The molecule has 0 saturated heterocycles. The minimum atomic E-state index is 1.28. The van der Waals surface area contributed by atoms with Crippen LogP contribution in [-0.2, 0) is 14.1 Å². The summed E-state index contributed by atoms with van der Waals surface area (Å²) in [7, 11) is 4.30. The second-order valence-corrected chi connectivity index (χ2v) is 10.4. The van der Waals surface area contributed by atoms with Gasteiger partial charge < -0.3 is 0 Å². The number of rotatable bonds is 4. The normalized spacial score (nSPS) is 11.2. The summed E-state index contributed by atoms with van der Waals surface area (Å²) in [5, 5.41) is 0. The van der Waals surface area contributed by atoms with Gasteiger partial charge in [0.05, 0.1) is 14.1 Å². The van der Waals surface area contributed by atoms with Crippen molar-refractivity contribution < 1.29 is 4.57 Å². The molecular weight excluding hydrogens is 416 g/mol. The summed E-state index contributed by atoms with van der Waals surface area (Å²) in [5.74, 6) is 0. The number of benzene rings is 2. The maximum atomic E-state index is 2.36. The Balaban J connectivity index is 1.67. The van der Waals surface area contributed by atoms with E-state index in [-0.39, 0.29) is 0 Å². The number of aromatic nitrogens is 2. The van der Waals surface area contributed by atoms with Crippen LogP contribution in [0.5, 0.6) is 0 Å². The highest BCUT2D eigenvalue weighted by molar-refractivity contribution is 7.16. The lowest BCUT2D eigenvalue weighted by Gasteiger charge is -2.02. The molecule has 0 amide bonds. The molecule has 4 heteroatoms. The van der Waals surface area contributed by atoms with E-state index in [0.717, 1.165) is 0 Å². The smallest absolute Gasteiger partial charge is 0.232 e. The first-order chi connectivity index (χ1) is 15.0. The van der Waals surface area contributed by atoms with Crippen molar-refractivity contribution >= 4 is 22.7 Å². The highest BCUT2D eigenvalue weighted by Crippen LogP contribution is 2.43. The second-order valence-electron chi connectivity index (χ2n) is 7.93. The van der Waals surface area contributed by atoms with Gasteiger partial charge in [-0.2, -0.15) is 0 Å². The predicted molar refractivity (Wildman–Crippen MR) is 134 cm³/mol. The molecule has 0 aliphatic carbocycles. The van der Waals surface area contributed by atoms with E-state index in [0.29, 0.717) is 0 Å². The first kappa shape index (κ1) is 20.0. The summed E-state index contributed by atoms with van der Waals surface area (Å²) >= 11 is 3.74. The molecule has 0 aliphatic heterocycles. The fourth-order valence-electron chi connectivity index (χ4n) is 4.27. The number of aryl methyl sites for hydroxylation is 4. The molecule has 5 rings (SSSR count). The quantitative estimate of drug-likeness (QED) is 0.260. The van der Waals surface area contributed by atoms with Crippen LogP contribution in [0.1, 0.15) is 9.75 Å². The molecule has 0 spiro atoms. The van der Waals surface area contributed by atoms with E-state index < -0.39 is 0 Å². The highest BCUT2D eigenvalue weighted by Gasteiger charge is 2.27. The van der Waals surface area contributed by atoms with E-state index in [1.165, 1.54) is 53.2 Å². The summed E-state index contributed by atoms with van der Waals surface area (Å²) in [5.41, 5.74) is 7.74. The fraction of sp³-hybridized carbons (Fsp3) is 0.148. The van der Waals surface area contributed by atoms with Crippen LogP contribution in [0.25, 0.3) is 43.4 Å². The zero-order chi connectivity index (χ0) is 21.5. The fourth-order valence-corrected chi connectivity index (χ4v) is 6.32. The van der Waals surface area contributed by atoms with E-state index >= 15 is 0 Å². The van der Waals surface area contributed by atoms with E-state index in [1.54, 1.807) is 0 Å². The third kappa shape index (κ3) is 3.56. The summed E-state index contributed by atoms with van der Waals surface area (Å²) < 4.78 is 4.52. The summed E-state index contributed by atoms with van der Waals surface area (Å²) in [6.45, 7) is 4.47. The van der Waals surface area contributed by atoms with Gasteiger partial charge in [-0.05, 0) is 37.1 Å². The molecule has 2 nitrogen and oxygen atoms in total. The average molecular weight is 442 g/mol. The van der Waals surface area contributed by atoms with Gasteiger partial charge in [0.2, 0.25) is 6.33 Å². The molecule has 0 bridgehead atoms. The van der Waals surface area contributed by atoms with Gasteiger partial charge in [0.1, 0.15) is 0 Å². The number of thiophene rings is 2. The molecule has 3 aromatic heterocycles. The Hall–Kier alpha value is -2.95. The van der Waals surface area contributed by atoms with Crippen LogP contribution >= 0.6 is 22.7 Å². The average Bonchev–Trinajstić information content (AvgIpc) is 3.43. The Kier molecular flexibility index (Phi) is 5.12. The van der Waals surface area contributed by atoms with Crippen LogP contribution in [-0.4, -0.2) is 4.57 Å². The van der Waals surface area contributed by atoms with Gasteiger partial charge in [-0.25, -0.2) is 9.13 Å². The van der Waals surface area contributed by atoms with Crippen molar-refractivity contribution in [3.8, 4) is 43.4 Å². The molecular formula is C27H25N2S2+. The van der Waals surface area contributed by atoms with Crippen LogP contribution < -0.4 is 4.57 Å². The Labute approximate surface area is 191 Å². The van der Waals surface area contributed by atoms with Gasteiger partial charge in [0.15, 0.2) is 11.4 Å². The van der Waals surface area contributed by atoms with Gasteiger partial charge in [0, 0.05) is 30.6 Å². The molecule has 0 saturated carbocycles. The van der Waals surface area contributed by atoms with Crippen molar-refractivity contribution in [3.63, 3.8) is 0 Å². The maximum absolute atomic E-state index is 2.36. The number of nitrogens with zero attached hydrogens (tertiary/aromatic N) is 2. The maximum Gasteiger partial charge on any atom is 0.244 e. The lowest BCUT2D eigenvalue weighted by Crippen LogP contribution is -2.27. The monoisotopic (exact) mass is 441 g/mol. The molecule has 0 unspecified atom stereocenters. The molecule has 3 heterocycles. The van der Waals surface area contributed by atoms with Crippen molar-refractivity contribution in [3.05, 3.63) is 88.9 Å². The molecule has 0 aliphatic rings. The summed E-state index contributed by atoms with van der Waals surface area (Å²) in [4.78, 5) is 5.32. The van der Waals surface area contributed by atoms with Crippen LogP contribution in [0.15, 0.2) is 79.1 Å². The van der Waals surface area contributed by atoms with Crippen LogP contribution in [0.4, 0.5) is 0 Å². The Morgan fingerprint density at radius 3 is 1.74 bits per heavy atom. The van der Waals surface area contributed by atoms with Crippen LogP contribution in [0.2, 0.25) is 0 Å². The molecule has 2 aromatic carbocycles. The molecule has 0 atom stereocenters. The number of hydrogen-bond acceptors (Lipinski definition) is 2. The van der Waals surface area contributed by atoms with Crippen molar-refractivity contribution in [1.82, 2.24) is 4.57 Å². The lowest BCUT2D eigenvalue weighted by molar-refractivity contribution is -0.660. The van der Waals surface area contributed by atoms with Gasteiger partial charge in [0.25, 0.3) is 0 Å². The Morgan fingerprint density at radius 1 is 0.710 bits per heavy atom. The SMILES string of the molecule is Cc1sc(-c2ccccc2)cc1-c1c(-c2cc(-c3ccccc3)sc2C)[n+](C)cn1C. The van der Waals surface area contributed by atoms with E-state index in [1.807, 2.05) is 22.7 Å². The van der Waals surface area contributed by atoms with Crippen molar-refractivity contribution in [1.29, 1.82) is 0 Å². The topological polar surface area (TPSA) is 8.81 Å². The first-order valence-electron chi connectivity index (χ1n) is 10.4. The summed E-state index contributed by atoms with van der Waals surface area (Å²) in [6, 6.07) is 26.1.